The first-order valence-electron chi connectivity index (χ1n) is 5.90. The van der Waals surface area contributed by atoms with Gasteiger partial charge in [0.2, 0.25) is 0 Å². The fourth-order valence-corrected chi connectivity index (χ4v) is 1.21. The molecule has 0 aliphatic rings. The van der Waals surface area contributed by atoms with E-state index in [2.05, 4.69) is 15.8 Å². The molecule has 1 rings (SSSR count). The average molecular weight is 247 g/mol. The van der Waals surface area contributed by atoms with Crippen LogP contribution in [0.1, 0.15) is 25.3 Å². The van der Waals surface area contributed by atoms with Gasteiger partial charge in [0.25, 0.3) is 0 Å². The summed E-state index contributed by atoms with van der Waals surface area (Å²) in [7, 11) is 0. The minimum atomic E-state index is -0.752. The Bertz CT molecular complexity index is 416. The molecule has 0 spiro atoms. The summed E-state index contributed by atoms with van der Waals surface area (Å²) < 4.78 is 0. The zero-order valence-electron chi connectivity index (χ0n) is 10.3. The lowest BCUT2D eigenvalue weighted by molar-refractivity contribution is -0.139. The average Bonchev–Trinajstić information content (AvgIpc) is 2.40. The van der Waals surface area contributed by atoms with Gasteiger partial charge in [-0.05, 0) is 12.0 Å². The van der Waals surface area contributed by atoms with Crippen molar-refractivity contribution >= 4 is 18.0 Å². The molecule has 5 heteroatoms. The van der Waals surface area contributed by atoms with E-state index in [1.54, 1.807) is 0 Å². The van der Waals surface area contributed by atoms with Crippen LogP contribution in [0.15, 0.2) is 35.4 Å². The van der Waals surface area contributed by atoms with Crippen molar-refractivity contribution in [1.82, 2.24) is 10.7 Å². The highest BCUT2D eigenvalue weighted by atomic mass is 16.2. The summed E-state index contributed by atoms with van der Waals surface area (Å²) in [6.07, 6.45) is 3.30. The first-order valence-corrected chi connectivity index (χ1v) is 5.90. The van der Waals surface area contributed by atoms with E-state index in [9.17, 15) is 9.59 Å². The second-order valence-corrected chi connectivity index (χ2v) is 3.72. The third-order valence-electron chi connectivity index (χ3n) is 2.20. The molecule has 18 heavy (non-hydrogen) atoms. The second-order valence-electron chi connectivity index (χ2n) is 3.72. The summed E-state index contributed by atoms with van der Waals surface area (Å²) in [6.45, 7) is 2.52. The van der Waals surface area contributed by atoms with E-state index in [1.807, 2.05) is 37.3 Å². The molecule has 0 saturated heterocycles. The van der Waals surface area contributed by atoms with Gasteiger partial charge in [0, 0.05) is 6.54 Å². The van der Waals surface area contributed by atoms with E-state index < -0.39 is 11.8 Å². The van der Waals surface area contributed by atoms with Gasteiger partial charge >= 0.3 is 11.8 Å². The molecule has 0 heterocycles. The van der Waals surface area contributed by atoms with Crippen LogP contribution in [0.25, 0.3) is 0 Å². The zero-order chi connectivity index (χ0) is 13.2. The van der Waals surface area contributed by atoms with Crippen LogP contribution < -0.4 is 10.7 Å². The number of hydrazone groups is 1. The molecule has 0 aliphatic heterocycles. The summed E-state index contributed by atoms with van der Waals surface area (Å²) in [5.74, 6) is -1.41. The number of nitrogens with zero attached hydrogens (tertiary/aromatic N) is 1. The fraction of sp³-hybridized carbons (Fsp3) is 0.308. The third kappa shape index (κ3) is 5.25. The number of amides is 2. The minimum Gasteiger partial charge on any atom is -0.348 e. The predicted octanol–water partition coefficient (Wildman–Crippen LogP) is 1.05. The largest absolute Gasteiger partial charge is 0.348 e. The standard InChI is InChI=1S/C13H17N3O2/c1-2-3-9-14-12(17)13(18)16-15-10-11-7-5-4-6-8-11/h4-8,10H,2-3,9H2,1H3,(H,14,17)(H,16,18)/b15-10+. The number of hydrogen-bond acceptors (Lipinski definition) is 3. The molecule has 1 aromatic carbocycles. The third-order valence-corrected chi connectivity index (χ3v) is 2.20. The van der Waals surface area contributed by atoms with Crippen LogP contribution in [0.2, 0.25) is 0 Å². The maximum Gasteiger partial charge on any atom is 0.329 e. The fourth-order valence-electron chi connectivity index (χ4n) is 1.21. The monoisotopic (exact) mass is 247 g/mol. The van der Waals surface area contributed by atoms with Crippen LogP contribution in [0, 0.1) is 0 Å². The number of carbonyl (C=O) groups excluding carboxylic acids is 2. The Hall–Kier alpha value is -2.17. The number of carbonyl (C=O) groups is 2. The lowest BCUT2D eigenvalue weighted by Crippen LogP contribution is -2.38. The topological polar surface area (TPSA) is 70.6 Å². The van der Waals surface area contributed by atoms with Gasteiger partial charge in [-0.3, -0.25) is 9.59 Å². The molecule has 0 radical (unpaired) electrons. The molecule has 96 valence electrons. The van der Waals surface area contributed by atoms with Gasteiger partial charge in [-0.15, -0.1) is 0 Å². The SMILES string of the molecule is CCCCNC(=O)C(=O)N/N=C/c1ccccc1. The van der Waals surface area contributed by atoms with Crippen molar-refractivity contribution in [1.29, 1.82) is 0 Å². The van der Waals surface area contributed by atoms with Gasteiger partial charge in [-0.1, -0.05) is 43.7 Å². The Morgan fingerprint density at radius 1 is 1.22 bits per heavy atom. The van der Waals surface area contributed by atoms with Gasteiger partial charge in [0.05, 0.1) is 6.21 Å². The summed E-state index contributed by atoms with van der Waals surface area (Å²) >= 11 is 0. The molecule has 5 nitrogen and oxygen atoms in total. The Morgan fingerprint density at radius 3 is 2.61 bits per heavy atom. The van der Waals surface area contributed by atoms with Crippen molar-refractivity contribution in [3.05, 3.63) is 35.9 Å². The van der Waals surface area contributed by atoms with E-state index in [0.29, 0.717) is 6.54 Å². The molecule has 2 amide bonds. The molecule has 0 unspecified atom stereocenters. The van der Waals surface area contributed by atoms with Crippen LogP contribution in [0.4, 0.5) is 0 Å². The number of rotatable bonds is 5. The van der Waals surface area contributed by atoms with Crippen molar-refractivity contribution in [3.8, 4) is 0 Å². The normalized spacial score (nSPS) is 10.3. The van der Waals surface area contributed by atoms with Gasteiger partial charge in [-0.25, -0.2) is 5.43 Å². The highest BCUT2D eigenvalue weighted by molar-refractivity contribution is 6.35. The highest BCUT2D eigenvalue weighted by Crippen LogP contribution is 1.93. The van der Waals surface area contributed by atoms with Crippen LogP contribution in [-0.2, 0) is 9.59 Å². The predicted molar refractivity (Wildman–Crippen MR) is 70.1 cm³/mol. The molecule has 0 aliphatic carbocycles. The van der Waals surface area contributed by atoms with Gasteiger partial charge < -0.3 is 5.32 Å². The molecular weight excluding hydrogens is 230 g/mol. The van der Waals surface area contributed by atoms with Crippen LogP contribution >= 0.6 is 0 Å². The Kier molecular flexibility index (Phi) is 6.17. The molecule has 0 atom stereocenters. The lowest BCUT2D eigenvalue weighted by atomic mass is 10.2. The zero-order valence-corrected chi connectivity index (χ0v) is 10.3. The molecule has 1 aromatic rings. The van der Waals surface area contributed by atoms with Crippen molar-refractivity contribution in [2.75, 3.05) is 6.54 Å². The second kappa shape index (κ2) is 8.00. The molecule has 0 fully saturated rings. The van der Waals surface area contributed by atoms with E-state index in [1.165, 1.54) is 6.21 Å². The molecular formula is C13H17N3O2. The summed E-state index contributed by atoms with van der Waals surface area (Å²) in [5.41, 5.74) is 3.03. The van der Waals surface area contributed by atoms with Gasteiger partial charge in [-0.2, -0.15) is 5.10 Å². The molecule has 0 aromatic heterocycles. The van der Waals surface area contributed by atoms with E-state index in [4.69, 9.17) is 0 Å². The van der Waals surface area contributed by atoms with Crippen molar-refractivity contribution in [2.45, 2.75) is 19.8 Å². The Morgan fingerprint density at radius 2 is 1.94 bits per heavy atom. The molecule has 0 saturated carbocycles. The molecule has 0 bridgehead atoms. The van der Waals surface area contributed by atoms with E-state index in [0.717, 1.165) is 18.4 Å². The minimum absolute atomic E-state index is 0.505. The Labute approximate surface area is 106 Å². The van der Waals surface area contributed by atoms with Crippen molar-refractivity contribution in [3.63, 3.8) is 0 Å². The lowest BCUT2D eigenvalue weighted by Gasteiger charge is -2.01. The van der Waals surface area contributed by atoms with Crippen LogP contribution in [-0.4, -0.2) is 24.6 Å². The van der Waals surface area contributed by atoms with Gasteiger partial charge in [0.15, 0.2) is 0 Å². The van der Waals surface area contributed by atoms with E-state index >= 15 is 0 Å². The summed E-state index contributed by atoms with van der Waals surface area (Å²) in [6, 6.07) is 9.30. The number of nitrogens with one attached hydrogen (secondary N) is 2. The van der Waals surface area contributed by atoms with E-state index in [-0.39, 0.29) is 0 Å². The first-order chi connectivity index (χ1) is 8.74. The maximum atomic E-state index is 11.3. The maximum absolute atomic E-state index is 11.3. The number of unbranched alkanes of at least 4 members (excludes halogenated alkanes) is 1. The van der Waals surface area contributed by atoms with Crippen molar-refractivity contribution < 1.29 is 9.59 Å². The number of hydrogen-bond donors (Lipinski definition) is 2. The summed E-state index contributed by atoms with van der Waals surface area (Å²) in [5, 5.41) is 6.21. The Balaban J connectivity index is 2.32. The molecule has 2 N–H and O–H groups in total. The smallest absolute Gasteiger partial charge is 0.329 e. The number of benzene rings is 1. The van der Waals surface area contributed by atoms with Crippen molar-refractivity contribution in [2.24, 2.45) is 5.10 Å². The highest BCUT2D eigenvalue weighted by Gasteiger charge is 2.10. The first kappa shape index (κ1) is 13.9. The quantitative estimate of drug-likeness (QED) is 0.353. The van der Waals surface area contributed by atoms with Crippen LogP contribution in [0.3, 0.4) is 0 Å². The van der Waals surface area contributed by atoms with Gasteiger partial charge in [0.1, 0.15) is 0 Å². The van der Waals surface area contributed by atoms with Crippen LogP contribution in [0.5, 0.6) is 0 Å². The summed E-state index contributed by atoms with van der Waals surface area (Å²) in [4.78, 5) is 22.6.